The van der Waals surface area contributed by atoms with Gasteiger partial charge in [0, 0.05) is 25.0 Å². The van der Waals surface area contributed by atoms with Gasteiger partial charge in [-0.25, -0.2) is 4.68 Å². The molecule has 0 aliphatic carbocycles. The zero-order chi connectivity index (χ0) is 16.1. The third-order valence-corrected chi connectivity index (χ3v) is 3.74. The highest BCUT2D eigenvalue weighted by molar-refractivity contribution is 5.82. The Hall–Kier alpha value is -2.17. The van der Waals surface area contributed by atoms with Crippen LogP contribution in [0.5, 0.6) is 0 Å². The van der Waals surface area contributed by atoms with Crippen LogP contribution in [0.1, 0.15) is 19.5 Å². The summed E-state index contributed by atoms with van der Waals surface area (Å²) in [6.45, 7) is 5.22. The van der Waals surface area contributed by atoms with Crippen molar-refractivity contribution >= 4 is 10.9 Å². The fourth-order valence-corrected chi connectivity index (χ4v) is 2.76. The lowest BCUT2D eigenvalue weighted by atomic mass is 10.1. The molecule has 23 heavy (non-hydrogen) atoms. The maximum absolute atomic E-state index is 5.73. The number of nitrogens with zero attached hydrogens (tertiary/aromatic N) is 2. The second-order valence-corrected chi connectivity index (χ2v) is 5.26. The van der Waals surface area contributed by atoms with Crippen molar-refractivity contribution in [2.24, 2.45) is 0 Å². The van der Waals surface area contributed by atoms with Crippen LogP contribution in [0.15, 0.2) is 54.6 Å². The number of ether oxygens (including phenoxy) is 2. The molecule has 3 rings (SSSR count). The molecule has 4 heteroatoms. The van der Waals surface area contributed by atoms with E-state index >= 15 is 0 Å². The third-order valence-electron chi connectivity index (χ3n) is 3.74. The number of benzene rings is 2. The smallest absolute Gasteiger partial charge is 0.163 e. The van der Waals surface area contributed by atoms with Crippen molar-refractivity contribution in [2.45, 2.75) is 26.6 Å². The predicted molar refractivity (Wildman–Crippen MR) is 91.8 cm³/mol. The average molecular weight is 310 g/mol. The van der Waals surface area contributed by atoms with Gasteiger partial charge in [0.1, 0.15) is 0 Å². The fourth-order valence-electron chi connectivity index (χ4n) is 2.76. The first-order valence-electron chi connectivity index (χ1n) is 8.08. The Morgan fingerprint density at radius 1 is 0.913 bits per heavy atom. The molecule has 3 aromatic rings. The highest BCUT2D eigenvalue weighted by Crippen LogP contribution is 2.23. The number of hydrogen-bond donors (Lipinski definition) is 0. The number of hydrogen-bond acceptors (Lipinski definition) is 3. The molecule has 0 amide bonds. The van der Waals surface area contributed by atoms with Gasteiger partial charge in [-0.15, -0.1) is 0 Å². The summed E-state index contributed by atoms with van der Waals surface area (Å²) in [6, 6.07) is 18.4. The van der Waals surface area contributed by atoms with E-state index in [1.54, 1.807) is 0 Å². The Morgan fingerprint density at radius 2 is 1.57 bits per heavy atom. The maximum Gasteiger partial charge on any atom is 0.163 e. The summed E-state index contributed by atoms with van der Waals surface area (Å²) in [5.74, 6) is 0. The third kappa shape index (κ3) is 3.44. The zero-order valence-corrected chi connectivity index (χ0v) is 13.6. The van der Waals surface area contributed by atoms with Crippen molar-refractivity contribution in [3.63, 3.8) is 0 Å². The largest absolute Gasteiger partial charge is 0.353 e. The monoisotopic (exact) mass is 310 g/mol. The van der Waals surface area contributed by atoms with Crippen LogP contribution >= 0.6 is 0 Å². The number of para-hydroxylation sites is 1. The van der Waals surface area contributed by atoms with Gasteiger partial charge in [0.25, 0.3) is 0 Å². The topological polar surface area (TPSA) is 36.3 Å². The quantitative estimate of drug-likeness (QED) is 0.620. The molecular formula is C19H22N2O2. The van der Waals surface area contributed by atoms with Crippen molar-refractivity contribution in [3.05, 3.63) is 60.3 Å². The Balaban J connectivity index is 2.06. The Kier molecular flexibility index (Phi) is 5.05. The maximum atomic E-state index is 5.73. The van der Waals surface area contributed by atoms with Gasteiger partial charge in [0.05, 0.1) is 16.9 Å². The molecule has 4 nitrogen and oxygen atoms in total. The van der Waals surface area contributed by atoms with Gasteiger partial charge in [-0.3, -0.25) is 0 Å². The van der Waals surface area contributed by atoms with Crippen LogP contribution in [0.3, 0.4) is 0 Å². The van der Waals surface area contributed by atoms with Crippen molar-refractivity contribution in [1.82, 2.24) is 9.78 Å². The fraction of sp³-hybridized carbons (Fsp3) is 0.316. The number of fused-ring (bicyclic) bond motifs is 1. The van der Waals surface area contributed by atoms with Crippen LogP contribution in [-0.4, -0.2) is 29.3 Å². The lowest BCUT2D eigenvalue weighted by Gasteiger charge is -2.18. The van der Waals surface area contributed by atoms with E-state index in [0.29, 0.717) is 19.6 Å². The van der Waals surface area contributed by atoms with E-state index in [1.165, 1.54) is 0 Å². The Morgan fingerprint density at radius 3 is 2.26 bits per heavy atom. The van der Waals surface area contributed by atoms with Crippen LogP contribution in [0.2, 0.25) is 0 Å². The van der Waals surface area contributed by atoms with E-state index in [0.717, 1.165) is 22.3 Å². The van der Waals surface area contributed by atoms with Gasteiger partial charge in [-0.1, -0.05) is 36.4 Å². The molecule has 0 N–H and O–H groups in total. The summed E-state index contributed by atoms with van der Waals surface area (Å²) in [5, 5.41) is 5.90. The van der Waals surface area contributed by atoms with Gasteiger partial charge in [-0.2, -0.15) is 5.10 Å². The molecule has 120 valence electrons. The highest BCUT2D eigenvalue weighted by atomic mass is 16.7. The average Bonchev–Trinajstić information content (AvgIpc) is 2.95. The van der Waals surface area contributed by atoms with Crippen LogP contribution in [0.25, 0.3) is 16.6 Å². The first-order chi connectivity index (χ1) is 11.3. The van der Waals surface area contributed by atoms with Crippen molar-refractivity contribution < 1.29 is 9.47 Å². The van der Waals surface area contributed by atoms with Gasteiger partial charge >= 0.3 is 0 Å². The van der Waals surface area contributed by atoms with E-state index < -0.39 is 0 Å². The van der Waals surface area contributed by atoms with E-state index in [-0.39, 0.29) is 6.29 Å². The minimum Gasteiger partial charge on any atom is -0.353 e. The van der Waals surface area contributed by atoms with E-state index in [4.69, 9.17) is 14.6 Å². The molecule has 0 radical (unpaired) electrons. The summed E-state index contributed by atoms with van der Waals surface area (Å²) in [5.41, 5.74) is 3.14. The minimum atomic E-state index is -0.257. The summed E-state index contributed by atoms with van der Waals surface area (Å²) >= 11 is 0. The normalized spacial score (nSPS) is 11.4. The van der Waals surface area contributed by atoms with Gasteiger partial charge < -0.3 is 9.47 Å². The lowest BCUT2D eigenvalue weighted by Crippen LogP contribution is -2.22. The second kappa shape index (κ2) is 7.40. The van der Waals surface area contributed by atoms with Crippen LogP contribution in [0, 0.1) is 0 Å². The van der Waals surface area contributed by atoms with Crippen molar-refractivity contribution in [1.29, 1.82) is 0 Å². The molecule has 0 aliphatic rings. The molecule has 1 heterocycles. The molecule has 0 unspecified atom stereocenters. The molecule has 0 bridgehead atoms. The Bertz CT molecular complexity index is 746. The minimum absolute atomic E-state index is 0.257. The molecule has 0 saturated heterocycles. The van der Waals surface area contributed by atoms with Crippen molar-refractivity contribution in [3.8, 4) is 5.69 Å². The Labute approximate surface area is 136 Å². The molecule has 1 aromatic heterocycles. The first-order valence-corrected chi connectivity index (χ1v) is 8.08. The highest BCUT2D eigenvalue weighted by Gasteiger charge is 2.18. The molecular weight excluding hydrogens is 288 g/mol. The molecule has 0 atom stereocenters. The van der Waals surface area contributed by atoms with E-state index in [1.807, 2.05) is 54.9 Å². The zero-order valence-electron chi connectivity index (χ0n) is 13.6. The SMILES string of the molecule is CCOC(Cc1c2ccccc2nn1-c1ccccc1)OCC. The van der Waals surface area contributed by atoms with Crippen LogP contribution in [0.4, 0.5) is 0 Å². The number of rotatable bonds is 7. The van der Waals surface area contributed by atoms with Crippen LogP contribution in [-0.2, 0) is 15.9 Å². The number of aromatic nitrogens is 2. The van der Waals surface area contributed by atoms with Gasteiger partial charge in [0.15, 0.2) is 6.29 Å². The summed E-state index contributed by atoms with van der Waals surface area (Å²) in [4.78, 5) is 0. The van der Waals surface area contributed by atoms with E-state index in [9.17, 15) is 0 Å². The first kappa shape index (κ1) is 15.7. The van der Waals surface area contributed by atoms with Gasteiger partial charge in [0.2, 0.25) is 0 Å². The summed E-state index contributed by atoms with van der Waals surface area (Å²) < 4.78 is 13.5. The van der Waals surface area contributed by atoms with Crippen molar-refractivity contribution in [2.75, 3.05) is 13.2 Å². The molecule has 0 spiro atoms. The lowest BCUT2D eigenvalue weighted by molar-refractivity contribution is -0.135. The molecule has 0 aliphatic heterocycles. The molecule has 0 fully saturated rings. The van der Waals surface area contributed by atoms with Crippen LogP contribution < -0.4 is 0 Å². The predicted octanol–water partition coefficient (Wildman–Crippen LogP) is 3.97. The molecule has 0 saturated carbocycles. The summed E-state index contributed by atoms with van der Waals surface area (Å²) in [7, 11) is 0. The second-order valence-electron chi connectivity index (χ2n) is 5.26. The summed E-state index contributed by atoms with van der Waals surface area (Å²) in [6.07, 6.45) is 0.407. The van der Waals surface area contributed by atoms with Gasteiger partial charge in [-0.05, 0) is 32.0 Å². The standard InChI is InChI=1S/C19H22N2O2/c1-3-22-19(23-4-2)14-18-16-12-8-9-13-17(16)20-21(18)15-10-6-5-7-11-15/h5-13,19H,3-4,14H2,1-2H3. The van der Waals surface area contributed by atoms with E-state index in [2.05, 4.69) is 18.2 Å². The molecule has 2 aromatic carbocycles.